The molecule has 1 aromatic carbocycles. The van der Waals surface area contributed by atoms with Gasteiger partial charge in [0.25, 0.3) is 0 Å². The molecule has 0 saturated heterocycles. The van der Waals surface area contributed by atoms with Crippen molar-refractivity contribution in [2.24, 2.45) is 0 Å². The number of rotatable bonds is 2. The zero-order valence-corrected chi connectivity index (χ0v) is 10.2. The summed E-state index contributed by atoms with van der Waals surface area (Å²) in [5.74, 6) is 0.605. The van der Waals surface area contributed by atoms with E-state index in [0.717, 1.165) is 36.1 Å². The molecule has 0 atom stereocenters. The molecule has 0 fully saturated rings. The van der Waals surface area contributed by atoms with Gasteiger partial charge in [0.15, 0.2) is 0 Å². The van der Waals surface area contributed by atoms with Crippen molar-refractivity contribution < 1.29 is 14.3 Å². The Labute approximate surface area is 101 Å². The second kappa shape index (κ2) is 5.04. The van der Waals surface area contributed by atoms with Gasteiger partial charge in [0.05, 0.1) is 14.2 Å². The first kappa shape index (κ1) is 11.7. The van der Waals surface area contributed by atoms with Crippen molar-refractivity contribution in [3.63, 3.8) is 0 Å². The Hall–Kier alpha value is -1.77. The SMILES string of the molecule is COC(=O)/C=C1\CCCc2c(OC)cccc21. The van der Waals surface area contributed by atoms with Crippen LogP contribution in [0.2, 0.25) is 0 Å². The maximum atomic E-state index is 11.3. The molecule has 1 aliphatic rings. The van der Waals surface area contributed by atoms with Crippen LogP contribution in [0.1, 0.15) is 24.0 Å². The second-order valence-electron chi connectivity index (χ2n) is 4.03. The van der Waals surface area contributed by atoms with E-state index in [9.17, 15) is 4.79 Å². The van der Waals surface area contributed by atoms with Crippen LogP contribution in [0, 0.1) is 0 Å². The molecule has 0 saturated carbocycles. The fraction of sp³-hybridized carbons (Fsp3) is 0.357. The van der Waals surface area contributed by atoms with Crippen molar-refractivity contribution in [1.82, 2.24) is 0 Å². The molecule has 0 aliphatic heterocycles. The summed E-state index contributed by atoms with van der Waals surface area (Å²) in [5.41, 5.74) is 3.34. The zero-order valence-electron chi connectivity index (χ0n) is 10.2. The van der Waals surface area contributed by atoms with Gasteiger partial charge >= 0.3 is 5.97 Å². The Morgan fingerprint density at radius 2 is 2.12 bits per heavy atom. The Morgan fingerprint density at radius 1 is 1.29 bits per heavy atom. The van der Waals surface area contributed by atoms with Gasteiger partial charge in [-0.05, 0) is 36.5 Å². The third-order valence-corrected chi connectivity index (χ3v) is 3.07. The monoisotopic (exact) mass is 232 g/mol. The van der Waals surface area contributed by atoms with E-state index >= 15 is 0 Å². The van der Waals surface area contributed by atoms with Gasteiger partial charge < -0.3 is 9.47 Å². The number of hydrogen-bond acceptors (Lipinski definition) is 3. The Bertz CT molecular complexity index is 461. The topological polar surface area (TPSA) is 35.5 Å². The summed E-state index contributed by atoms with van der Waals surface area (Å²) in [6.45, 7) is 0. The Kier molecular flexibility index (Phi) is 3.47. The third-order valence-electron chi connectivity index (χ3n) is 3.07. The lowest BCUT2D eigenvalue weighted by Gasteiger charge is -2.21. The molecule has 0 spiro atoms. The summed E-state index contributed by atoms with van der Waals surface area (Å²) in [6.07, 6.45) is 4.53. The van der Waals surface area contributed by atoms with Crippen LogP contribution in [-0.2, 0) is 16.0 Å². The second-order valence-corrected chi connectivity index (χ2v) is 4.03. The third kappa shape index (κ3) is 2.33. The number of ether oxygens (including phenoxy) is 2. The van der Waals surface area contributed by atoms with E-state index in [2.05, 4.69) is 4.74 Å². The van der Waals surface area contributed by atoms with Crippen molar-refractivity contribution >= 4 is 11.5 Å². The van der Waals surface area contributed by atoms with Crippen molar-refractivity contribution in [2.45, 2.75) is 19.3 Å². The highest BCUT2D eigenvalue weighted by Gasteiger charge is 2.18. The standard InChI is InChI=1S/C14H16O3/c1-16-13-8-4-6-11-10(9-14(15)17-2)5-3-7-12(11)13/h4,6,8-9H,3,5,7H2,1-2H3/b10-9+. The first-order valence-corrected chi connectivity index (χ1v) is 5.71. The molecule has 0 radical (unpaired) electrons. The highest BCUT2D eigenvalue weighted by Crippen LogP contribution is 2.35. The average molecular weight is 232 g/mol. The van der Waals surface area contributed by atoms with Gasteiger partial charge in [-0.2, -0.15) is 0 Å². The van der Waals surface area contributed by atoms with Crippen LogP contribution in [0.5, 0.6) is 5.75 Å². The molecule has 0 unspecified atom stereocenters. The largest absolute Gasteiger partial charge is 0.496 e. The zero-order chi connectivity index (χ0) is 12.3. The van der Waals surface area contributed by atoms with Crippen LogP contribution in [0.3, 0.4) is 0 Å². The van der Waals surface area contributed by atoms with Gasteiger partial charge in [0.2, 0.25) is 0 Å². The van der Waals surface area contributed by atoms with E-state index in [-0.39, 0.29) is 5.97 Å². The van der Waals surface area contributed by atoms with Gasteiger partial charge in [0.1, 0.15) is 5.75 Å². The summed E-state index contributed by atoms with van der Waals surface area (Å²) in [7, 11) is 3.07. The van der Waals surface area contributed by atoms with Crippen molar-refractivity contribution in [3.8, 4) is 5.75 Å². The molecule has 3 nitrogen and oxygen atoms in total. The minimum absolute atomic E-state index is 0.296. The number of hydrogen-bond donors (Lipinski definition) is 0. The lowest BCUT2D eigenvalue weighted by molar-refractivity contribution is -0.134. The molecule has 0 aromatic heterocycles. The van der Waals surface area contributed by atoms with Gasteiger partial charge in [-0.1, -0.05) is 12.1 Å². The number of allylic oxidation sites excluding steroid dienone is 1. The highest BCUT2D eigenvalue weighted by atomic mass is 16.5. The van der Waals surface area contributed by atoms with Crippen molar-refractivity contribution in [3.05, 3.63) is 35.4 Å². The normalized spacial score (nSPS) is 16.5. The maximum absolute atomic E-state index is 11.3. The number of carbonyl (C=O) groups is 1. The predicted octanol–water partition coefficient (Wildman–Crippen LogP) is 2.59. The number of methoxy groups -OCH3 is 2. The molecule has 0 heterocycles. The minimum atomic E-state index is -0.296. The van der Waals surface area contributed by atoms with Crippen LogP contribution in [-0.4, -0.2) is 20.2 Å². The number of carbonyl (C=O) groups excluding carboxylic acids is 1. The van der Waals surface area contributed by atoms with E-state index < -0.39 is 0 Å². The van der Waals surface area contributed by atoms with Crippen LogP contribution < -0.4 is 4.74 Å². The smallest absolute Gasteiger partial charge is 0.330 e. The minimum Gasteiger partial charge on any atom is -0.496 e. The molecule has 0 bridgehead atoms. The van der Waals surface area contributed by atoms with Crippen LogP contribution in [0.15, 0.2) is 24.3 Å². The van der Waals surface area contributed by atoms with E-state index in [4.69, 9.17) is 4.74 Å². The average Bonchev–Trinajstić information content (AvgIpc) is 2.38. The molecule has 1 aliphatic carbocycles. The van der Waals surface area contributed by atoms with Gasteiger partial charge in [-0.25, -0.2) is 4.79 Å². The molecular formula is C14H16O3. The van der Waals surface area contributed by atoms with E-state index in [0.29, 0.717) is 0 Å². The van der Waals surface area contributed by atoms with Gasteiger partial charge in [0, 0.05) is 11.6 Å². The molecule has 1 aromatic rings. The fourth-order valence-electron chi connectivity index (χ4n) is 2.26. The lowest BCUT2D eigenvalue weighted by Crippen LogP contribution is -2.06. The number of benzene rings is 1. The quantitative estimate of drug-likeness (QED) is 0.580. The molecule has 0 amide bonds. The van der Waals surface area contributed by atoms with Crippen LogP contribution in [0.4, 0.5) is 0 Å². The van der Waals surface area contributed by atoms with Crippen LogP contribution in [0.25, 0.3) is 5.57 Å². The molecule has 0 N–H and O–H groups in total. The first-order valence-electron chi connectivity index (χ1n) is 5.71. The number of esters is 1. The Morgan fingerprint density at radius 3 is 2.82 bits per heavy atom. The summed E-state index contributed by atoms with van der Waals surface area (Å²) in [5, 5.41) is 0. The van der Waals surface area contributed by atoms with E-state index in [1.54, 1.807) is 13.2 Å². The summed E-state index contributed by atoms with van der Waals surface area (Å²) >= 11 is 0. The summed E-state index contributed by atoms with van der Waals surface area (Å²) < 4.78 is 10.0. The maximum Gasteiger partial charge on any atom is 0.330 e. The summed E-state index contributed by atoms with van der Waals surface area (Å²) in [4.78, 5) is 11.3. The van der Waals surface area contributed by atoms with Crippen molar-refractivity contribution in [2.75, 3.05) is 14.2 Å². The fourth-order valence-corrected chi connectivity index (χ4v) is 2.26. The summed E-state index contributed by atoms with van der Waals surface area (Å²) in [6, 6.07) is 5.94. The predicted molar refractivity (Wildman–Crippen MR) is 65.9 cm³/mol. The van der Waals surface area contributed by atoms with Gasteiger partial charge in [-0.3, -0.25) is 0 Å². The van der Waals surface area contributed by atoms with Gasteiger partial charge in [-0.15, -0.1) is 0 Å². The lowest BCUT2D eigenvalue weighted by atomic mass is 9.86. The molecule has 3 heteroatoms. The van der Waals surface area contributed by atoms with Crippen LogP contribution >= 0.6 is 0 Å². The van der Waals surface area contributed by atoms with Crippen molar-refractivity contribution in [1.29, 1.82) is 0 Å². The molecular weight excluding hydrogens is 216 g/mol. The molecule has 90 valence electrons. The molecule has 17 heavy (non-hydrogen) atoms. The first-order chi connectivity index (χ1) is 8.26. The number of fused-ring (bicyclic) bond motifs is 1. The van der Waals surface area contributed by atoms with E-state index in [1.165, 1.54) is 12.7 Å². The Balaban J connectivity index is 2.45. The highest BCUT2D eigenvalue weighted by molar-refractivity contribution is 5.92. The molecule has 2 rings (SSSR count). The van der Waals surface area contributed by atoms with E-state index in [1.807, 2.05) is 18.2 Å².